The molecule has 0 aromatic heterocycles. The second kappa shape index (κ2) is 9.27. The zero-order valence-electron chi connectivity index (χ0n) is 15.6. The van der Waals surface area contributed by atoms with E-state index in [0.29, 0.717) is 0 Å². The van der Waals surface area contributed by atoms with E-state index in [1.807, 2.05) is 7.76 Å². The minimum atomic E-state index is -0.0160. The van der Waals surface area contributed by atoms with Crippen LogP contribution in [0, 0.1) is 5.41 Å². The summed E-state index contributed by atoms with van der Waals surface area (Å²) in [6.45, 7) is 9.65. The van der Waals surface area contributed by atoms with E-state index in [9.17, 15) is 0 Å². The number of halogens is 2. The predicted molar refractivity (Wildman–Crippen MR) is 92.3 cm³/mol. The number of unbranched alkanes of at least 4 members (excludes halogenated alkanes) is 2. The van der Waals surface area contributed by atoms with Crippen LogP contribution in [0.2, 0.25) is 0 Å². The van der Waals surface area contributed by atoms with Crippen LogP contribution < -0.4 is 24.8 Å². The van der Waals surface area contributed by atoms with Gasteiger partial charge in [-0.15, -0.1) is 0 Å². The SMILES string of the molecule is CCCCC1=CC[C]2=C1C(C)(C)C1=[C](CC=C1CCCC)[Ti+2]2.[Cl-].[Cl-]. The van der Waals surface area contributed by atoms with Gasteiger partial charge in [0.2, 0.25) is 0 Å². The fourth-order valence-corrected chi connectivity index (χ4v) is 7.60. The molecule has 3 aliphatic rings. The third-order valence-electron chi connectivity index (χ3n) is 5.50. The summed E-state index contributed by atoms with van der Waals surface area (Å²) >= 11 is -0.0160. The first kappa shape index (κ1) is 22.3. The first-order valence-corrected chi connectivity index (χ1v) is 10.8. The summed E-state index contributed by atoms with van der Waals surface area (Å²) in [4.78, 5) is 0. The van der Waals surface area contributed by atoms with Crippen LogP contribution in [-0.4, -0.2) is 0 Å². The fourth-order valence-electron chi connectivity index (χ4n) is 4.53. The van der Waals surface area contributed by atoms with E-state index in [1.165, 1.54) is 51.4 Å². The molecule has 24 heavy (non-hydrogen) atoms. The van der Waals surface area contributed by atoms with Gasteiger partial charge in [-0.05, 0) is 0 Å². The van der Waals surface area contributed by atoms with Crippen molar-refractivity contribution in [1.29, 1.82) is 0 Å². The van der Waals surface area contributed by atoms with Gasteiger partial charge in [0.05, 0.1) is 0 Å². The molecule has 3 rings (SSSR count). The Kier molecular flexibility index (Phi) is 8.61. The van der Waals surface area contributed by atoms with E-state index in [-0.39, 0.29) is 49.4 Å². The Labute approximate surface area is 170 Å². The van der Waals surface area contributed by atoms with Gasteiger partial charge in [-0.3, -0.25) is 0 Å². The fraction of sp³-hybridized carbons (Fsp3) is 0.619. The van der Waals surface area contributed by atoms with Crippen molar-refractivity contribution in [3.63, 3.8) is 0 Å². The summed E-state index contributed by atoms with van der Waals surface area (Å²) in [7, 11) is 0. The number of hydrogen-bond donors (Lipinski definition) is 0. The second-order valence-electron chi connectivity index (χ2n) is 7.53. The van der Waals surface area contributed by atoms with Crippen molar-refractivity contribution in [3.05, 3.63) is 42.2 Å². The Hall–Kier alpha value is 0.254. The van der Waals surface area contributed by atoms with E-state index in [4.69, 9.17) is 0 Å². The van der Waals surface area contributed by atoms with Crippen molar-refractivity contribution < 1.29 is 44.0 Å². The van der Waals surface area contributed by atoms with Crippen molar-refractivity contribution in [2.24, 2.45) is 5.41 Å². The van der Waals surface area contributed by atoms with Crippen LogP contribution in [-0.2, 0) is 19.2 Å². The summed E-state index contributed by atoms with van der Waals surface area (Å²) in [5, 5.41) is 0. The van der Waals surface area contributed by atoms with Crippen LogP contribution in [0.5, 0.6) is 0 Å². The van der Waals surface area contributed by atoms with Gasteiger partial charge in [0.25, 0.3) is 0 Å². The molecule has 132 valence electrons. The van der Waals surface area contributed by atoms with Crippen LogP contribution in [0.4, 0.5) is 0 Å². The van der Waals surface area contributed by atoms with Crippen LogP contribution >= 0.6 is 0 Å². The van der Waals surface area contributed by atoms with E-state index in [2.05, 4.69) is 39.8 Å². The first-order valence-electron chi connectivity index (χ1n) is 9.22. The van der Waals surface area contributed by atoms with E-state index in [0.717, 1.165) is 0 Å². The molecule has 1 aliphatic heterocycles. The minimum Gasteiger partial charge on any atom is -1.00 e. The van der Waals surface area contributed by atoms with Gasteiger partial charge < -0.3 is 24.8 Å². The van der Waals surface area contributed by atoms with Gasteiger partial charge in [0, 0.05) is 0 Å². The average molecular weight is 401 g/mol. The Morgan fingerprint density at radius 3 is 1.62 bits per heavy atom. The molecule has 0 spiro atoms. The van der Waals surface area contributed by atoms with Crippen LogP contribution in [0.25, 0.3) is 0 Å². The Balaban J connectivity index is 0.00000144. The Morgan fingerprint density at radius 1 is 0.833 bits per heavy atom. The monoisotopic (exact) mass is 400 g/mol. The number of rotatable bonds is 6. The number of hydrogen-bond acceptors (Lipinski definition) is 0. The molecule has 1 heterocycles. The van der Waals surface area contributed by atoms with Gasteiger partial charge in [-0.1, -0.05) is 0 Å². The summed E-state index contributed by atoms with van der Waals surface area (Å²) in [5.41, 5.74) is 7.25. The molecule has 0 saturated carbocycles. The van der Waals surface area contributed by atoms with Gasteiger partial charge in [0.1, 0.15) is 0 Å². The minimum absolute atomic E-state index is 0. The Bertz CT molecular complexity index is 541. The molecule has 0 N–H and O–H groups in total. The van der Waals surface area contributed by atoms with Crippen molar-refractivity contribution in [1.82, 2.24) is 0 Å². The molecule has 0 saturated heterocycles. The molecule has 0 aromatic carbocycles. The normalized spacial score (nSPS) is 20.2. The van der Waals surface area contributed by atoms with Crippen LogP contribution in [0.15, 0.2) is 42.2 Å². The molecule has 0 amide bonds. The maximum Gasteiger partial charge on any atom is -1.00 e. The van der Waals surface area contributed by atoms with Crippen LogP contribution in [0.3, 0.4) is 0 Å². The third kappa shape index (κ3) is 3.98. The standard InChI is InChI=1S/C21H30.2ClH.Ti/c1-5-7-11-17-13-9-15-19(17)21(3,4)20-16-10-14-18(20)12-8-6-2;;;/h13-14H,5-12H2,1-4H3;2*1H;/q;;;+2/p-2. The van der Waals surface area contributed by atoms with Crippen molar-refractivity contribution in [2.75, 3.05) is 0 Å². The van der Waals surface area contributed by atoms with Gasteiger partial charge in [-0.2, -0.15) is 0 Å². The summed E-state index contributed by atoms with van der Waals surface area (Å²) < 4.78 is 3.72. The maximum absolute atomic E-state index is 2.57. The molecule has 0 radical (unpaired) electrons. The molecular weight excluding hydrogens is 371 g/mol. The quantitative estimate of drug-likeness (QED) is 0.574. The predicted octanol–water partition coefficient (Wildman–Crippen LogP) is 0.666. The molecular formula is C21H30Cl2Ti. The van der Waals surface area contributed by atoms with Crippen molar-refractivity contribution in [3.8, 4) is 0 Å². The van der Waals surface area contributed by atoms with E-state index < -0.39 is 0 Å². The van der Waals surface area contributed by atoms with Gasteiger partial charge in [0.15, 0.2) is 0 Å². The van der Waals surface area contributed by atoms with Crippen molar-refractivity contribution >= 4 is 0 Å². The molecule has 0 bridgehead atoms. The average Bonchev–Trinajstić information content (AvgIpc) is 3.08. The maximum atomic E-state index is 2.57. The molecule has 3 heteroatoms. The molecule has 0 unspecified atom stereocenters. The third-order valence-corrected chi connectivity index (χ3v) is 7.86. The zero-order valence-corrected chi connectivity index (χ0v) is 18.6. The van der Waals surface area contributed by atoms with Crippen LogP contribution in [0.1, 0.15) is 79.1 Å². The molecule has 0 nitrogen and oxygen atoms in total. The largest absolute Gasteiger partial charge is 1.00 e. The van der Waals surface area contributed by atoms with E-state index >= 15 is 0 Å². The second-order valence-corrected chi connectivity index (χ2v) is 9.81. The van der Waals surface area contributed by atoms with E-state index in [1.54, 1.807) is 22.3 Å². The van der Waals surface area contributed by atoms with Gasteiger partial charge in [-0.25, -0.2) is 0 Å². The summed E-state index contributed by atoms with van der Waals surface area (Å²) in [5.74, 6) is 0. The molecule has 0 aromatic rings. The molecule has 0 atom stereocenters. The molecule has 2 aliphatic carbocycles. The number of allylic oxidation sites excluding steroid dienone is 8. The van der Waals surface area contributed by atoms with Gasteiger partial charge >= 0.3 is 146 Å². The summed E-state index contributed by atoms with van der Waals surface area (Å²) in [6.07, 6.45) is 15.6. The smallest absolute Gasteiger partial charge is 1.00 e. The summed E-state index contributed by atoms with van der Waals surface area (Å²) in [6, 6.07) is 0. The first-order chi connectivity index (χ1) is 10.6. The van der Waals surface area contributed by atoms with Crippen molar-refractivity contribution in [2.45, 2.75) is 79.1 Å². The topological polar surface area (TPSA) is 0 Å². The Morgan fingerprint density at radius 2 is 1.25 bits per heavy atom. The zero-order chi connectivity index (χ0) is 15.7. The molecule has 0 fully saturated rings.